The van der Waals surface area contributed by atoms with Gasteiger partial charge in [0.05, 0.1) is 19.8 Å². The van der Waals surface area contributed by atoms with Crippen LogP contribution in [0.15, 0.2) is 18.2 Å². The van der Waals surface area contributed by atoms with Crippen LogP contribution in [-0.2, 0) is 0 Å². The van der Waals surface area contributed by atoms with Gasteiger partial charge in [-0.3, -0.25) is 0 Å². The molecule has 0 bridgehead atoms. The molecule has 18 heavy (non-hydrogen) atoms. The third-order valence-corrected chi connectivity index (χ3v) is 1.97. The lowest BCUT2D eigenvalue weighted by Crippen LogP contribution is -2.07. The molecule has 0 aliphatic carbocycles. The Hall–Kier alpha value is -1.50. The maximum Gasteiger partial charge on any atom is 0.164 e. The highest BCUT2D eigenvalue weighted by atomic mass is 16.5. The first-order chi connectivity index (χ1) is 8.81. The van der Waals surface area contributed by atoms with E-state index in [1.165, 1.54) is 0 Å². The molecule has 1 rings (SSSR count). The van der Waals surface area contributed by atoms with Crippen LogP contribution in [0.2, 0.25) is 0 Å². The van der Waals surface area contributed by atoms with E-state index in [2.05, 4.69) is 0 Å². The zero-order valence-electron chi connectivity index (χ0n) is 10.0. The van der Waals surface area contributed by atoms with Crippen molar-refractivity contribution in [1.82, 2.24) is 0 Å². The minimum atomic E-state index is -0.110. The smallest absolute Gasteiger partial charge is 0.164 e. The number of hydrogen-bond acceptors (Lipinski definition) is 6. The van der Waals surface area contributed by atoms with E-state index in [-0.39, 0.29) is 39.6 Å². The van der Waals surface area contributed by atoms with Crippen LogP contribution in [0, 0.1) is 0 Å². The van der Waals surface area contributed by atoms with Crippen LogP contribution in [0.25, 0.3) is 0 Å². The number of hydrogen-bond donors (Lipinski definition) is 3. The van der Waals surface area contributed by atoms with Crippen molar-refractivity contribution < 1.29 is 29.5 Å². The standard InChI is InChI=1S/C12H18O6/c13-3-6-16-10-1-2-11(17-7-4-14)12(9-10)18-8-5-15/h1-2,9,13-15H,3-8H2. The minimum Gasteiger partial charge on any atom is -0.491 e. The molecule has 6 heteroatoms. The van der Waals surface area contributed by atoms with Crippen molar-refractivity contribution in [3.8, 4) is 17.2 Å². The van der Waals surface area contributed by atoms with Crippen molar-refractivity contribution in [2.45, 2.75) is 0 Å². The molecule has 0 fully saturated rings. The maximum absolute atomic E-state index is 8.74. The molecule has 1 aromatic rings. The highest BCUT2D eigenvalue weighted by molar-refractivity contribution is 5.45. The Morgan fingerprint density at radius 1 is 0.722 bits per heavy atom. The number of rotatable bonds is 9. The van der Waals surface area contributed by atoms with Gasteiger partial charge in [-0.25, -0.2) is 0 Å². The van der Waals surface area contributed by atoms with Gasteiger partial charge in [0.1, 0.15) is 25.6 Å². The van der Waals surface area contributed by atoms with Crippen LogP contribution in [-0.4, -0.2) is 55.0 Å². The van der Waals surface area contributed by atoms with E-state index in [0.29, 0.717) is 17.2 Å². The predicted octanol–water partition coefficient (Wildman–Crippen LogP) is -0.200. The van der Waals surface area contributed by atoms with Crippen LogP contribution in [0.1, 0.15) is 0 Å². The summed E-state index contributed by atoms with van der Waals surface area (Å²) in [4.78, 5) is 0. The predicted molar refractivity (Wildman–Crippen MR) is 64.2 cm³/mol. The lowest BCUT2D eigenvalue weighted by atomic mass is 10.3. The van der Waals surface area contributed by atoms with Gasteiger partial charge in [-0.05, 0) is 12.1 Å². The van der Waals surface area contributed by atoms with Crippen molar-refractivity contribution in [3.05, 3.63) is 18.2 Å². The second kappa shape index (κ2) is 8.57. The molecule has 0 atom stereocenters. The third-order valence-electron chi connectivity index (χ3n) is 1.97. The van der Waals surface area contributed by atoms with Crippen molar-refractivity contribution in [2.75, 3.05) is 39.6 Å². The number of benzene rings is 1. The summed E-state index contributed by atoms with van der Waals surface area (Å²) in [6.45, 7) is 0.209. The molecule has 0 saturated carbocycles. The quantitative estimate of drug-likeness (QED) is 0.568. The Kier molecular flexibility index (Phi) is 6.93. The molecular weight excluding hydrogens is 240 g/mol. The molecule has 0 heterocycles. The summed E-state index contributed by atoms with van der Waals surface area (Å²) in [5, 5.41) is 26.1. The van der Waals surface area contributed by atoms with Gasteiger partial charge in [-0.2, -0.15) is 0 Å². The second-order valence-electron chi connectivity index (χ2n) is 3.32. The Morgan fingerprint density at radius 3 is 1.89 bits per heavy atom. The summed E-state index contributed by atoms with van der Waals surface area (Å²) >= 11 is 0. The summed E-state index contributed by atoms with van der Waals surface area (Å²) in [5.41, 5.74) is 0. The Morgan fingerprint density at radius 2 is 1.28 bits per heavy atom. The molecule has 0 amide bonds. The van der Waals surface area contributed by atoms with Gasteiger partial charge in [-0.1, -0.05) is 0 Å². The number of ether oxygens (including phenoxy) is 3. The highest BCUT2D eigenvalue weighted by Crippen LogP contribution is 2.31. The van der Waals surface area contributed by atoms with Crippen LogP contribution in [0.5, 0.6) is 17.2 Å². The molecule has 0 spiro atoms. The molecule has 0 unspecified atom stereocenters. The summed E-state index contributed by atoms with van der Waals surface area (Å²) in [5.74, 6) is 1.43. The SMILES string of the molecule is OCCOc1ccc(OCCO)c(OCCO)c1. The van der Waals surface area contributed by atoms with Gasteiger partial charge in [0.2, 0.25) is 0 Å². The van der Waals surface area contributed by atoms with Crippen molar-refractivity contribution in [3.63, 3.8) is 0 Å². The molecule has 0 aliphatic heterocycles. The van der Waals surface area contributed by atoms with Gasteiger partial charge >= 0.3 is 0 Å². The first-order valence-corrected chi connectivity index (χ1v) is 5.67. The maximum atomic E-state index is 8.74. The molecular formula is C12H18O6. The number of aliphatic hydroxyl groups is 3. The first-order valence-electron chi connectivity index (χ1n) is 5.67. The molecule has 102 valence electrons. The van der Waals surface area contributed by atoms with Gasteiger partial charge in [0.15, 0.2) is 11.5 Å². The van der Waals surface area contributed by atoms with Gasteiger partial charge in [0, 0.05) is 6.07 Å². The third kappa shape index (κ3) is 4.79. The molecule has 0 aliphatic rings. The first kappa shape index (κ1) is 14.6. The Bertz CT molecular complexity index is 341. The average Bonchev–Trinajstić information content (AvgIpc) is 2.41. The van der Waals surface area contributed by atoms with Crippen LogP contribution in [0.3, 0.4) is 0 Å². The fraction of sp³-hybridized carbons (Fsp3) is 0.500. The van der Waals surface area contributed by atoms with E-state index < -0.39 is 0 Å². The van der Waals surface area contributed by atoms with E-state index in [1.54, 1.807) is 18.2 Å². The average molecular weight is 258 g/mol. The van der Waals surface area contributed by atoms with Gasteiger partial charge in [-0.15, -0.1) is 0 Å². The van der Waals surface area contributed by atoms with E-state index in [0.717, 1.165) is 0 Å². The van der Waals surface area contributed by atoms with Crippen LogP contribution in [0.4, 0.5) is 0 Å². The normalized spacial score (nSPS) is 10.2. The van der Waals surface area contributed by atoms with Crippen LogP contribution < -0.4 is 14.2 Å². The van der Waals surface area contributed by atoms with Crippen molar-refractivity contribution in [2.24, 2.45) is 0 Å². The molecule has 3 N–H and O–H groups in total. The topological polar surface area (TPSA) is 88.4 Å². The highest BCUT2D eigenvalue weighted by Gasteiger charge is 2.07. The molecule has 0 saturated heterocycles. The minimum absolute atomic E-state index is 0.0738. The fourth-order valence-electron chi connectivity index (χ4n) is 1.28. The zero-order valence-corrected chi connectivity index (χ0v) is 10.0. The lowest BCUT2D eigenvalue weighted by molar-refractivity contribution is 0.176. The Labute approximate surface area is 105 Å². The molecule has 0 aromatic heterocycles. The molecule has 6 nitrogen and oxygen atoms in total. The Balaban J connectivity index is 2.74. The largest absolute Gasteiger partial charge is 0.491 e. The molecule has 1 aromatic carbocycles. The van der Waals surface area contributed by atoms with E-state index in [1.807, 2.05) is 0 Å². The van der Waals surface area contributed by atoms with Crippen molar-refractivity contribution >= 4 is 0 Å². The summed E-state index contributed by atoms with van der Waals surface area (Å²) in [7, 11) is 0. The fourth-order valence-corrected chi connectivity index (χ4v) is 1.28. The lowest BCUT2D eigenvalue weighted by Gasteiger charge is -2.13. The van der Waals surface area contributed by atoms with Crippen LogP contribution >= 0.6 is 0 Å². The molecule has 0 radical (unpaired) electrons. The zero-order chi connectivity index (χ0) is 13.2. The van der Waals surface area contributed by atoms with E-state index >= 15 is 0 Å². The second-order valence-corrected chi connectivity index (χ2v) is 3.32. The van der Waals surface area contributed by atoms with E-state index in [9.17, 15) is 0 Å². The summed E-state index contributed by atoms with van der Waals surface area (Å²) < 4.78 is 15.8. The van der Waals surface area contributed by atoms with Gasteiger partial charge < -0.3 is 29.5 Å². The summed E-state index contributed by atoms with van der Waals surface area (Å²) in [6, 6.07) is 4.93. The summed E-state index contributed by atoms with van der Waals surface area (Å²) in [6.07, 6.45) is 0. The van der Waals surface area contributed by atoms with Gasteiger partial charge in [0.25, 0.3) is 0 Å². The van der Waals surface area contributed by atoms with Crippen molar-refractivity contribution in [1.29, 1.82) is 0 Å². The monoisotopic (exact) mass is 258 g/mol. The van der Waals surface area contributed by atoms with E-state index in [4.69, 9.17) is 29.5 Å². The number of aliphatic hydroxyl groups excluding tert-OH is 3.